The van der Waals surface area contributed by atoms with E-state index in [1.807, 2.05) is 0 Å². The van der Waals surface area contributed by atoms with Crippen molar-refractivity contribution in [2.45, 2.75) is 26.8 Å². The van der Waals surface area contributed by atoms with Crippen molar-refractivity contribution in [2.75, 3.05) is 0 Å². The van der Waals surface area contributed by atoms with Gasteiger partial charge in [0, 0.05) is 12.6 Å². The minimum Gasteiger partial charge on any atom is -0.507 e. The topological polar surface area (TPSA) is 70.9 Å². The molecule has 0 atom stereocenters. The fraction of sp³-hybridized carbons (Fsp3) is 0.455. The average molecular weight is 221 g/mol. The molecule has 86 valence electrons. The lowest BCUT2D eigenvalue weighted by Gasteiger charge is -2.05. The number of aromatic nitrogens is 3. The predicted molar refractivity (Wildman–Crippen MR) is 61.5 cm³/mol. The van der Waals surface area contributed by atoms with Crippen LogP contribution in [0.5, 0.6) is 5.75 Å². The summed E-state index contributed by atoms with van der Waals surface area (Å²) in [6, 6.07) is 1.16. The van der Waals surface area contributed by atoms with E-state index in [-0.39, 0.29) is 11.3 Å². The average Bonchev–Trinajstić information content (AvgIpc) is 2.58. The second-order valence-corrected chi connectivity index (χ2v) is 4.33. The van der Waals surface area contributed by atoms with Crippen LogP contribution >= 0.6 is 0 Å². The van der Waals surface area contributed by atoms with Crippen LogP contribution in [0.3, 0.4) is 0 Å². The number of H-pyrrole nitrogens is 1. The van der Waals surface area contributed by atoms with Crippen LogP contribution in [-0.4, -0.2) is 19.9 Å². The van der Waals surface area contributed by atoms with Crippen LogP contribution in [0.1, 0.15) is 20.3 Å². The van der Waals surface area contributed by atoms with Crippen molar-refractivity contribution < 1.29 is 5.11 Å². The molecule has 2 rings (SSSR count). The van der Waals surface area contributed by atoms with Gasteiger partial charge in [-0.25, -0.2) is 4.68 Å². The van der Waals surface area contributed by atoms with E-state index in [4.69, 9.17) is 0 Å². The maximum atomic E-state index is 11.2. The minimum absolute atomic E-state index is 0.0189. The van der Waals surface area contributed by atoms with Crippen LogP contribution < -0.4 is 5.56 Å². The van der Waals surface area contributed by atoms with Crippen molar-refractivity contribution in [2.24, 2.45) is 5.92 Å². The first kappa shape index (κ1) is 10.7. The largest absolute Gasteiger partial charge is 0.507 e. The molecule has 0 amide bonds. The highest BCUT2D eigenvalue weighted by atomic mass is 16.3. The van der Waals surface area contributed by atoms with Crippen molar-refractivity contribution in [3.8, 4) is 5.75 Å². The Morgan fingerprint density at radius 2 is 2.31 bits per heavy atom. The number of nitrogens with zero attached hydrogens (tertiary/aromatic N) is 2. The second kappa shape index (κ2) is 4.00. The molecule has 5 heteroatoms. The lowest BCUT2D eigenvalue weighted by Crippen LogP contribution is -2.09. The molecule has 0 radical (unpaired) electrons. The number of aryl methyl sites for hydroxylation is 1. The molecular formula is C11H15N3O2. The van der Waals surface area contributed by atoms with E-state index in [2.05, 4.69) is 23.9 Å². The quantitative estimate of drug-likeness (QED) is 0.824. The van der Waals surface area contributed by atoms with Crippen molar-refractivity contribution in [1.29, 1.82) is 0 Å². The normalized spacial score (nSPS) is 11.4. The molecule has 2 heterocycles. The van der Waals surface area contributed by atoms with E-state index in [0.29, 0.717) is 17.0 Å². The zero-order valence-corrected chi connectivity index (χ0v) is 9.40. The summed E-state index contributed by atoms with van der Waals surface area (Å²) < 4.78 is 1.72. The minimum atomic E-state index is -0.309. The standard InChI is InChI=1S/C11H15N3O2/c1-7(2)3-4-14-11-8(6-12-14)9(15)5-10(16)13-11/h5-7H,3-4H2,1-2H3,(H2,13,15,16). The lowest BCUT2D eigenvalue weighted by molar-refractivity contribution is 0.479. The van der Waals surface area contributed by atoms with Crippen LogP contribution in [-0.2, 0) is 6.54 Å². The third-order valence-corrected chi connectivity index (χ3v) is 2.54. The zero-order chi connectivity index (χ0) is 11.7. The van der Waals surface area contributed by atoms with Gasteiger partial charge in [-0.3, -0.25) is 4.79 Å². The summed E-state index contributed by atoms with van der Waals surface area (Å²) in [6.07, 6.45) is 2.55. The van der Waals surface area contributed by atoms with E-state index >= 15 is 0 Å². The molecule has 0 aliphatic heterocycles. The van der Waals surface area contributed by atoms with Crippen LogP contribution in [0.25, 0.3) is 11.0 Å². The summed E-state index contributed by atoms with van der Waals surface area (Å²) in [4.78, 5) is 13.9. The Hall–Kier alpha value is -1.78. The first-order valence-electron chi connectivity index (χ1n) is 5.35. The Balaban J connectivity index is 2.44. The predicted octanol–water partition coefficient (Wildman–Crippen LogP) is 1.48. The number of aromatic amines is 1. The van der Waals surface area contributed by atoms with Crippen LogP contribution in [0.2, 0.25) is 0 Å². The van der Waals surface area contributed by atoms with Gasteiger partial charge in [0.25, 0.3) is 5.56 Å². The maximum absolute atomic E-state index is 11.2. The van der Waals surface area contributed by atoms with E-state index in [0.717, 1.165) is 19.0 Å². The molecule has 16 heavy (non-hydrogen) atoms. The molecule has 0 aliphatic carbocycles. The number of hydrogen-bond donors (Lipinski definition) is 2. The van der Waals surface area contributed by atoms with Gasteiger partial charge in [0.15, 0.2) is 0 Å². The van der Waals surface area contributed by atoms with Gasteiger partial charge in [-0.2, -0.15) is 5.10 Å². The Morgan fingerprint density at radius 3 is 3.00 bits per heavy atom. The first-order chi connectivity index (χ1) is 7.58. The molecule has 2 aromatic rings. The number of nitrogens with one attached hydrogen (secondary N) is 1. The summed E-state index contributed by atoms with van der Waals surface area (Å²) >= 11 is 0. The van der Waals surface area contributed by atoms with E-state index < -0.39 is 0 Å². The molecule has 2 aromatic heterocycles. The van der Waals surface area contributed by atoms with Gasteiger partial charge in [-0.1, -0.05) is 13.8 Å². The number of aromatic hydroxyl groups is 1. The van der Waals surface area contributed by atoms with Crippen LogP contribution in [0, 0.1) is 5.92 Å². The number of rotatable bonds is 3. The Bertz CT molecular complexity index is 554. The molecule has 0 bridgehead atoms. The Labute approximate surface area is 92.7 Å². The first-order valence-corrected chi connectivity index (χ1v) is 5.35. The van der Waals surface area contributed by atoms with E-state index in [9.17, 15) is 9.90 Å². The van der Waals surface area contributed by atoms with Crippen molar-refractivity contribution in [3.63, 3.8) is 0 Å². The highest BCUT2D eigenvalue weighted by Crippen LogP contribution is 2.20. The zero-order valence-electron chi connectivity index (χ0n) is 9.40. The van der Waals surface area contributed by atoms with Gasteiger partial charge in [-0.05, 0) is 12.3 Å². The number of fused-ring (bicyclic) bond motifs is 1. The van der Waals surface area contributed by atoms with Gasteiger partial charge in [-0.15, -0.1) is 0 Å². The molecule has 0 fully saturated rings. The van der Waals surface area contributed by atoms with Crippen molar-refractivity contribution in [1.82, 2.24) is 14.8 Å². The van der Waals surface area contributed by atoms with Gasteiger partial charge in [0.05, 0.1) is 11.6 Å². The highest BCUT2D eigenvalue weighted by Gasteiger charge is 2.08. The summed E-state index contributed by atoms with van der Waals surface area (Å²) in [5.74, 6) is 0.554. The van der Waals surface area contributed by atoms with E-state index in [1.165, 1.54) is 0 Å². The van der Waals surface area contributed by atoms with Gasteiger partial charge in [0.2, 0.25) is 0 Å². The molecular weight excluding hydrogens is 206 g/mol. The smallest absolute Gasteiger partial charge is 0.253 e. The number of pyridine rings is 1. The fourth-order valence-electron chi connectivity index (χ4n) is 1.61. The summed E-state index contributed by atoms with van der Waals surface area (Å²) in [7, 11) is 0. The summed E-state index contributed by atoms with van der Waals surface area (Å²) in [6.45, 7) is 5.00. The molecule has 0 aliphatic rings. The molecule has 0 unspecified atom stereocenters. The van der Waals surface area contributed by atoms with Crippen LogP contribution in [0.4, 0.5) is 0 Å². The molecule has 5 nitrogen and oxygen atoms in total. The molecule has 0 saturated heterocycles. The third-order valence-electron chi connectivity index (χ3n) is 2.54. The van der Waals surface area contributed by atoms with Crippen molar-refractivity contribution in [3.05, 3.63) is 22.6 Å². The lowest BCUT2D eigenvalue weighted by atomic mass is 10.1. The third kappa shape index (κ3) is 1.93. The van der Waals surface area contributed by atoms with Crippen LogP contribution in [0.15, 0.2) is 17.1 Å². The number of hydrogen-bond acceptors (Lipinski definition) is 3. The van der Waals surface area contributed by atoms with Gasteiger partial charge >= 0.3 is 0 Å². The summed E-state index contributed by atoms with van der Waals surface area (Å²) in [5, 5.41) is 14.3. The highest BCUT2D eigenvalue weighted by molar-refractivity contribution is 5.80. The second-order valence-electron chi connectivity index (χ2n) is 4.33. The fourth-order valence-corrected chi connectivity index (χ4v) is 1.61. The Morgan fingerprint density at radius 1 is 1.56 bits per heavy atom. The SMILES string of the molecule is CC(C)CCn1ncc2c(O)cc(=O)[nH]c21. The monoisotopic (exact) mass is 221 g/mol. The van der Waals surface area contributed by atoms with Crippen molar-refractivity contribution >= 4 is 11.0 Å². The van der Waals surface area contributed by atoms with Gasteiger partial charge < -0.3 is 10.1 Å². The molecule has 0 spiro atoms. The summed E-state index contributed by atoms with van der Waals surface area (Å²) in [5.41, 5.74) is 0.280. The molecule has 2 N–H and O–H groups in total. The van der Waals surface area contributed by atoms with E-state index in [1.54, 1.807) is 10.9 Å². The molecule has 0 saturated carbocycles. The maximum Gasteiger partial charge on any atom is 0.253 e. The Kier molecular flexibility index (Phi) is 2.68. The molecule has 0 aromatic carbocycles. The van der Waals surface area contributed by atoms with Gasteiger partial charge in [0.1, 0.15) is 11.4 Å².